The summed E-state index contributed by atoms with van der Waals surface area (Å²) in [5.74, 6) is -0.618. The Labute approximate surface area is 103 Å². The largest absolute Gasteiger partial charge is 0.406 e. The summed E-state index contributed by atoms with van der Waals surface area (Å²) in [4.78, 5) is 16.4. The molecule has 4 nitrogen and oxygen atoms in total. The lowest BCUT2D eigenvalue weighted by molar-refractivity contribution is -0.143. The van der Waals surface area contributed by atoms with Crippen molar-refractivity contribution in [3.05, 3.63) is 23.9 Å². The molecule has 2 N–H and O–H groups in total. The van der Waals surface area contributed by atoms with Crippen LogP contribution in [-0.2, 0) is 0 Å². The van der Waals surface area contributed by atoms with Crippen molar-refractivity contribution >= 4 is 11.7 Å². The van der Waals surface area contributed by atoms with Gasteiger partial charge in [0.1, 0.15) is 12.4 Å². The SMILES string of the molecule is CC(C)N(CC(F)(F)F)C(=O)c1ccnc(N)c1. The molecule has 7 heteroatoms. The van der Waals surface area contributed by atoms with E-state index in [1.165, 1.54) is 32.2 Å². The molecule has 0 radical (unpaired) electrons. The predicted octanol–water partition coefficient (Wildman–Crippen LogP) is 2.08. The van der Waals surface area contributed by atoms with Gasteiger partial charge < -0.3 is 10.6 Å². The van der Waals surface area contributed by atoms with Crippen LogP contribution in [0.15, 0.2) is 18.3 Å². The smallest absolute Gasteiger partial charge is 0.384 e. The molecule has 0 bridgehead atoms. The van der Waals surface area contributed by atoms with Crippen LogP contribution in [0.2, 0.25) is 0 Å². The van der Waals surface area contributed by atoms with Gasteiger partial charge in [0.2, 0.25) is 0 Å². The predicted molar refractivity (Wildman–Crippen MR) is 60.9 cm³/mol. The van der Waals surface area contributed by atoms with Crippen molar-refractivity contribution in [3.63, 3.8) is 0 Å². The molecule has 100 valence electrons. The second-order valence-corrected chi connectivity index (χ2v) is 4.11. The number of carbonyl (C=O) groups excluding carboxylic acids is 1. The highest BCUT2D eigenvalue weighted by Gasteiger charge is 2.34. The first-order valence-electron chi connectivity index (χ1n) is 5.30. The number of pyridine rings is 1. The molecule has 0 spiro atoms. The van der Waals surface area contributed by atoms with Crippen molar-refractivity contribution in [1.29, 1.82) is 0 Å². The number of hydrogen-bond acceptors (Lipinski definition) is 3. The van der Waals surface area contributed by atoms with Crippen LogP contribution in [0.4, 0.5) is 19.0 Å². The van der Waals surface area contributed by atoms with Crippen LogP contribution in [0.25, 0.3) is 0 Å². The van der Waals surface area contributed by atoms with Crippen LogP contribution in [0.5, 0.6) is 0 Å². The molecule has 0 atom stereocenters. The Bertz CT molecular complexity index is 432. The van der Waals surface area contributed by atoms with Crippen molar-refractivity contribution in [3.8, 4) is 0 Å². The Morgan fingerprint density at radius 3 is 2.56 bits per heavy atom. The zero-order valence-corrected chi connectivity index (χ0v) is 10.0. The maximum Gasteiger partial charge on any atom is 0.406 e. The number of nitrogens with two attached hydrogens (primary N) is 1. The highest BCUT2D eigenvalue weighted by Crippen LogP contribution is 2.20. The van der Waals surface area contributed by atoms with E-state index in [4.69, 9.17) is 5.73 Å². The number of rotatable bonds is 3. The van der Waals surface area contributed by atoms with Gasteiger partial charge in [-0.05, 0) is 26.0 Å². The Morgan fingerprint density at radius 1 is 1.50 bits per heavy atom. The van der Waals surface area contributed by atoms with E-state index < -0.39 is 24.7 Å². The minimum absolute atomic E-state index is 0.0940. The van der Waals surface area contributed by atoms with Crippen LogP contribution in [-0.4, -0.2) is 34.6 Å². The number of alkyl halides is 3. The Hall–Kier alpha value is -1.79. The lowest BCUT2D eigenvalue weighted by atomic mass is 10.2. The fourth-order valence-corrected chi connectivity index (χ4v) is 1.43. The minimum atomic E-state index is -4.43. The first-order chi connectivity index (χ1) is 8.20. The van der Waals surface area contributed by atoms with E-state index in [1.54, 1.807) is 0 Å². The summed E-state index contributed by atoms with van der Waals surface area (Å²) in [6.07, 6.45) is -3.15. The van der Waals surface area contributed by atoms with E-state index in [1.807, 2.05) is 0 Å². The van der Waals surface area contributed by atoms with Gasteiger partial charge in [-0.3, -0.25) is 4.79 Å². The molecule has 0 aromatic carbocycles. The molecule has 1 rings (SSSR count). The van der Waals surface area contributed by atoms with E-state index in [9.17, 15) is 18.0 Å². The second-order valence-electron chi connectivity index (χ2n) is 4.11. The molecule has 18 heavy (non-hydrogen) atoms. The van der Waals surface area contributed by atoms with Crippen molar-refractivity contribution in [2.75, 3.05) is 12.3 Å². The number of halogens is 3. The van der Waals surface area contributed by atoms with Crippen molar-refractivity contribution in [2.24, 2.45) is 0 Å². The molecule has 0 aliphatic carbocycles. The molecule has 0 unspecified atom stereocenters. The van der Waals surface area contributed by atoms with Gasteiger partial charge in [-0.1, -0.05) is 0 Å². The van der Waals surface area contributed by atoms with Gasteiger partial charge in [0.15, 0.2) is 0 Å². The van der Waals surface area contributed by atoms with E-state index >= 15 is 0 Å². The molecule has 1 aromatic rings. The Balaban J connectivity index is 2.97. The number of amides is 1. The standard InChI is InChI=1S/C11H14F3N3O/c1-7(2)17(6-11(12,13)14)10(18)8-3-4-16-9(15)5-8/h3-5,7H,6H2,1-2H3,(H2,15,16). The van der Waals surface area contributed by atoms with Crippen LogP contribution < -0.4 is 5.73 Å². The van der Waals surface area contributed by atoms with Crippen LogP contribution in [0.1, 0.15) is 24.2 Å². The van der Waals surface area contributed by atoms with E-state index in [0.717, 1.165) is 4.90 Å². The van der Waals surface area contributed by atoms with Gasteiger partial charge in [0, 0.05) is 17.8 Å². The highest BCUT2D eigenvalue weighted by atomic mass is 19.4. The maximum absolute atomic E-state index is 12.4. The average molecular weight is 261 g/mol. The third-order valence-corrected chi connectivity index (χ3v) is 2.26. The van der Waals surface area contributed by atoms with E-state index in [0.29, 0.717) is 0 Å². The molecule has 0 fully saturated rings. The van der Waals surface area contributed by atoms with Crippen LogP contribution in [0, 0.1) is 0 Å². The van der Waals surface area contributed by atoms with Crippen molar-refractivity contribution in [1.82, 2.24) is 9.88 Å². The Morgan fingerprint density at radius 2 is 2.11 bits per heavy atom. The molecule has 1 aromatic heterocycles. The molecule has 0 aliphatic rings. The number of anilines is 1. The van der Waals surface area contributed by atoms with Crippen molar-refractivity contribution < 1.29 is 18.0 Å². The summed E-state index contributed by atoms with van der Waals surface area (Å²) >= 11 is 0. The third-order valence-electron chi connectivity index (χ3n) is 2.26. The lowest BCUT2D eigenvalue weighted by Crippen LogP contribution is -2.43. The third kappa shape index (κ3) is 3.90. The summed E-state index contributed by atoms with van der Waals surface area (Å²) < 4.78 is 37.2. The van der Waals surface area contributed by atoms with Gasteiger partial charge in [-0.25, -0.2) is 4.98 Å². The summed E-state index contributed by atoms with van der Waals surface area (Å²) in [5, 5.41) is 0. The van der Waals surface area contributed by atoms with Gasteiger partial charge in [-0.2, -0.15) is 13.2 Å². The number of nitrogens with zero attached hydrogens (tertiary/aromatic N) is 2. The topological polar surface area (TPSA) is 59.2 Å². The minimum Gasteiger partial charge on any atom is -0.384 e. The second kappa shape index (κ2) is 5.24. The number of nitrogen functional groups attached to an aromatic ring is 1. The summed E-state index contributed by atoms with van der Waals surface area (Å²) in [6, 6.07) is 2.03. The Kier molecular flexibility index (Phi) is 4.15. The number of hydrogen-bond donors (Lipinski definition) is 1. The molecular weight excluding hydrogens is 247 g/mol. The van der Waals surface area contributed by atoms with E-state index in [2.05, 4.69) is 4.98 Å². The fraction of sp³-hybridized carbons (Fsp3) is 0.455. The molecule has 1 heterocycles. The fourth-order valence-electron chi connectivity index (χ4n) is 1.43. The zero-order valence-electron chi connectivity index (χ0n) is 10.0. The molecule has 0 saturated heterocycles. The molecule has 0 saturated carbocycles. The molecular formula is C11H14F3N3O. The zero-order chi connectivity index (χ0) is 13.9. The summed E-state index contributed by atoms with van der Waals surface area (Å²) in [5.41, 5.74) is 5.49. The monoisotopic (exact) mass is 261 g/mol. The summed E-state index contributed by atoms with van der Waals surface area (Å²) in [6.45, 7) is 1.76. The number of carbonyl (C=O) groups is 1. The quantitative estimate of drug-likeness (QED) is 0.906. The van der Waals surface area contributed by atoms with Gasteiger partial charge in [-0.15, -0.1) is 0 Å². The summed E-state index contributed by atoms with van der Waals surface area (Å²) in [7, 11) is 0. The maximum atomic E-state index is 12.4. The molecule has 0 aliphatic heterocycles. The van der Waals surface area contributed by atoms with Gasteiger partial charge in [0.05, 0.1) is 0 Å². The normalized spacial score (nSPS) is 11.7. The van der Waals surface area contributed by atoms with Gasteiger partial charge >= 0.3 is 6.18 Å². The van der Waals surface area contributed by atoms with Crippen LogP contribution in [0.3, 0.4) is 0 Å². The average Bonchev–Trinajstić information content (AvgIpc) is 2.23. The highest BCUT2D eigenvalue weighted by molar-refractivity contribution is 5.95. The first-order valence-corrected chi connectivity index (χ1v) is 5.30. The van der Waals surface area contributed by atoms with Crippen molar-refractivity contribution in [2.45, 2.75) is 26.1 Å². The van der Waals surface area contributed by atoms with Gasteiger partial charge in [0.25, 0.3) is 5.91 Å². The van der Waals surface area contributed by atoms with Crippen LogP contribution >= 0.6 is 0 Å². The lowest BCUT2D eigenvalue weighted by Gasteiger charge is -2.27. The first kappa shape index (κ1) is 14.3. The number of aromatic nitrogens is 1. The van der Waals surface area contributed by atoms with E-state index in [-0.39, 0.29) is 11.4 Å². The molecule has 1 amide bonds.